The van der Waals surface area contributed by atoms with E-state index in [2.05, 4.69) is 5.32 Å². The van der Waals surface area contributed by atoms with Crippen molar-refractivity contribution in [3.63, 3.8) is 0 Å². The first kappa shape index (κ1) is 13.2. The molecule has 0 aromatic heterocycles. The van der Waals surface area contributed by atoms with Crippen molar-refractivity contribution in [3.05, 3.63) is 35.9 Å². The predicted octanol–water partition coefficient (Wildman–Crippen LogP) is 1.30. The summed E-state index contributed by atoms with van der Waals surface area (Å²) in [5.74, 6) is 0. The molecule has 1 aromatic carbocycles. The lowest BCUT2D eigenvalue weighted by atomic mass is 10.0. The summed E-state index contributed by atoms with van der Waals surface area (Å²) in [5, 5.41) is 22.5. The summed E-state index contributed by atoms with van der Waals surface area (Å²) in [7, 11) is 0. The van der Waals surface area contributed by atoms with E-state index in [9.17, 15) is 10.2 Å². The molecule has 0 saturated carbocycles. The highest BCUT2D eigenvalue weighted by atomic mass is 16.3. The fraction of sp³-hybridized carbons (Fsp3) is 0.538. The van der Waals surface area contributed by atoms with Gasteiger partial charge in [-0.15, -0.1) is 0 Å². The topological polar surface area (TPSA) is 52.5 Å². The van der Waals surface area contributed by atoms with Crippen LogP contribution in [-0.4, -0.2) is 28.5 Å². The lowest BCUT2D eigenvalue weighted by molar-refractivity contribution is -0.00205. The highest BCUT2D eigenvalue weighted by Crippen LogP contribution is 2.05. The Morgan fingerprint density at radius 3 is 2.38 bits per heavy atom. The van der Waals surface area contributed by atoms with Crippen LogP contribution in [0.25, 0.3) is 0 Å². The summed E-state index contributed by atoms with van der Waals surface area (Å²) in [6.07, 6.45) is -0.801. The molecule has 3 N–H and O–H groups in total. The molecule has 1 aromatic rings. The highest BCUT2D eigenvalue weighted by molar-refractivity contribution is 5.14. The third-order valence-corrected chi connectivity index (χ3v) is 2.80. The zero-order valence-corrected chi connectivity index (χ0v) is 9.93. The summed E-state index contributed by atoms with van der Waals surface area (Å²) in [4.78, 5) is 0. The van der Waals surface area contributed by atoms with E-state index in [4.69, 9.17) is 0 Å². The van der Waals surface area contributed by atoms with Crippen LogP contribution in [0.15, 0.2) is 30.3 Å². The van der Waals surface area contributed by atoms with Gasteiger partial charge in [0.05, 0.1) is 12.2 Å². The quantitative estimate of drug-likeness (QED) is 0.681. The van der Waals surface area contributed by atoms with Gasteiger partial charge in [-0.3, -0.25) is 0 Å². The minimum Gasteiger partial charge on any atom is -0.390 e. The maximum absolute atomic E-state index is 9.75. The lowest BCUT2D eigenvalue weighted by Gasteiger charge is -2.24. The molecule has 3 heteroatoms. The summed E-state index contributed by atoms with van der Waals surface area (Å²) in [5.41, 5.74) is 1.17. The molecule has 0 heterocycles. The first-order valence-corrected chi connectivity index (χ1v) is 5.78. The normalized spacial score (nSPS) is 16.8. The number of benzene rings is 1. The van der Waals surface area contributed by atoms with E-state index in [1.165, 1.54) is 5.56 Å². The fourth-order valence-corrected chi connectivity index (χ4v) is 1.57. The van der Waals surface area contributed by atoms with Crippen molar-refractivity contribution in [3.8, 4) is 0 Å². The number of aliphatic hydroxyl groups is 2. The Labute approximate surface area is 97.1 Å². The van der Waals surface area contributed by atoms with Crippen molar-refractivity contribution in [2.45, 2.75) is 45.1 Å². The standard InChI is InChI=1S/C13H21NO2/c1-3-12(15)13(16)10(2)14-9-11-7-5-4-6-8-11/h4-8,10,12-16H,3,9H2,1-2H3. The molecule has 0 saturated heterocycles. The third-order valence-electron chi connectivity index (χ3n) is 2.80. The number of rotatable bonds is 6. The minimum absolute atomic E-state index is 0.116. The van der Waals surface area contributed by atoms with Crippen LogP contribution in [0, 0.1) is 0 Å². The molecule has 0 radical (unpaired) electrons. The second-order valence-electron chi connectivity index (χ2n) is 4.12. The SMILES string of the molecule is CCC(O)C(O)C(C)NCc1ccccc1. The van der Waals surface area contributed by atoms with Gasteiger partial charge in [-0.25, -0.2) is 0 Å². The van der Waals surface area contributed by atoms with Crippen molar-refractivity contribution in [2.75, 3.05) is 0 Å². The van der Waals surface area contributed by atoms with Crippen LogP contribution in [0.3, 0.4) is 0 Å². The van der Waals surface area contributed by atoms with E-state index >= 15 is 0 Å². The lowest BCUT2D eigenvalue weighted by Crippen LogP contribution is -2.43. The van der Waals surface area contributed by atoms with E-state index in [0.29, 0.717) is 13.0 Å². The van der Waals surface area contributed by atoms with E-state index < -0.39 is 12.2 Å². The second kappa shape index (κ2) is 6.63. The molecule has 90 valence electrons. The number of hydrogen-bond acceptors (Lipinski definition) is 3. The molecule has 3 nitrogen and oxygen atoms in total. The molecule has 0 bridgehead atoms. The van der Waals surface area contributed by atoms with Crippen LogP contribution >= 0.6 is 0 Å². The molecule has 0 aliphatic carbocycles. The van der Waals surface area contributed by atoms with Gasteiger partial charge in [0.15, 0.2) is 0 Å². The van der Waals surface area contributed by atoms with E-state index in [-0.39, 0.29) is 6.04 Å². The van der Waals surface area contributed by atoms with Gasteiger partial charge in [-0.05, 0) is 18.9 Å². The summed E-state index contributed by atoms with van der Waals surface area (Å²) in [6, 6.07) is 9.89. The molecule has 0 fully saturated rings. The largest absolute Gasteiger partial charge is 0.390 e. The highest BCUT2D eigenvalue weighted by Gasteiger charge is 2.20. The monoisotopic (exact) mass is 223 g/mol. The second-order valence-corrected chi connectivity index (χ2v) is 4.12. The Kier molecular flexibility index (Phi) is 5.46. The zero-order valence-electron chi connectivity index (χ0n) is 9.93. The molecule has 0 spiro atoms. The van der Waals surface area contributed by atoms with Crippen molar-refractivity contribution in [1.82, 2.24) is 5.32 Å². The summed E-state index contributed by atoms with van der Waals surface area (Å²) < 4.78 is 0. The summed E-state index contributed by atoms with van der Waals surface area (Å²) >= 11 is 0. The zero-order chi connectivity index (χ0) is 12.0. The van der Waals surface area contributed by atoms with Gasteiger partial charge in [0.1, 0.15) is 0 Å². The van der Waals surface area contributed by atoms with Crippen LogP contribution < -0.4 is 5.32 Å². The van der Waals surface area contributed by atoms with E-state index in [1.54, 1.807) is 0 Å². The first-order chi connectivity index (χ1) is 7.65. The molecule has 1 rings (SSSR count). The van der Waals surface area contributed by atoms with E-state index in [0.717, 1.165) is 0 Å². The number of aliphatic hydroxyl groups excluding tert-OH is 2. The molecule has 3 atom stereocenters. The average Bonchev–Trinajstić information content (AvgIpc) is 2.35. The van der Waals surface area contributed by atoms with Gasteiger partial charge in [0, 0.05) is 12.6 Å². The van der Waals surface area contributed by atoms with Gasteiger partial charge in [-0.1, -0.05) is 37.3 Å². The number of hydrogen-bond donors (Lipinski definition) is 3. The molecule has 0 aliphatic heterocycles. The van der Waals surface area contributed by atoms with Crippen molar-refractivity contribution in [2.24, 2.45) is 0 Å². The van der Waals surface area contributed by atoms with Gasteiger partial charge >= 0.3 is 0 Å². The maximum Gasteiger partial charge on any atom is 0.0948 e. The molecule has 0 aliphatic rings. The summed E-state index contributed by atoms with van der Waals surface area (Å²) in [6.45, 7) is 4.44. The Balaban J connectivity index is 2.38. The molecular weight excluding hydrogens is 202 g/mol. The Morgan fingerprint density at radius 2 is 1.81 bits per heavy atom. The predicted molar refractivity (Wildman–Crippen MR) is 65.0 cm³/mol. The Hall–Kier alpha value is -0.900. The fourth-order valence-electron chi connectivity index (χ4n) is 1.57. The van der Waals surface area contributed by atoms with Crippen LogP contribution in [0.4, 0.5) is 0 Å². The van der Waals surface area contributed by atoms with Crippen molar-refractivity contribution < 1.29 is 10.2 Å². The number of nitrogens with one attached hydrogen (secondary N) is 1. The minimum atomic E-state index is -0.714. The van der Waals surface area contributed by atoms with Crippen LogP contribution in [0.5, 0.6) is 0 Å². The van der Waals surface area contributed by atoms with Gasteiger partial charge in [-0.2, -0.15) is 0 Å². The van der Waals surface area contributed by atoms with E-state index in [1.807, 2.05) is 44.2 Å². The Morgan fingerprint density at radius 1 is 1.19 bits per heavy atom. The third kappa shape index (κ3) is 3.93. The van der Waals surface area contributed by atoms with Crippen LogP contribution in [0.1, 0.15) is 25.8 Å². The van der Waals surface area contributed by atoms with Gasteiger partial charge in [0.2, 0.25) is 0 Å². The first-order valence-electron chi connectivity index (χ1n) is 5.78. The van der Waals surface area contributed by atoms with Crippen molar-refractivity contribution >= 4 is 0 Å². The molecule has 16 heavy (non-hydrogen) atoms. The Bertz CT molecular complexity index is 289. The van der Waals surface area contributed by atoms with Crippen molar-refractivity contribution in [1.29, 1.82) is 0 Å². The average molecular weight is 223 g/mol. The van der Waals surface area contributed by atoms with Crippen LogP contribution in [-0.2, 0) is 6.54 Å². The van der Waals surface area contributed by atoms with Gasteiger partial charge < -0.3 is 15.5 Å². The smallest absolute Gasteiger partial charge is 0.0948 e. The van der Waals surface area contributed by atoms with Crippen LogP contribution in [0.2, 0.25) is 0 Å². The maximum atomic E-state index is 9.75. The van der Waals surface area contributed by atoms with Gasteiger partial charge in [0.25, 0.3) is 0 Å². The molecule has 0 amide bonds. The molecule has 3 unspecified atom stereocenters. The molecular formula is C13H21NO2.